The molecule has 0 heterocycles. The number of aliphatic hydroxyl groups excluding tert-OH is 2. The van der Waals surface area contributed by atoms with Crippen LogP contribution in [0.25, 0.3) is 0 Å². The molecule has 7 heteroatoms. The molecule has 0 rings (SSSR count). The van der Waals surface area contributed by atoms with Gasteiger partial charge in [-0.25, -0.2) is 0 Å². The lowest BCUT2D eigenvalue weighted by molar-refractivity contribution is -0.143. The van der Waals surface area contributed by atoms with Gasteiger partial charge in [0.05, 0.1) is 13.2 Å². The Bertz CT molecular complexity index is 245. The van der Waals surface area contributed by atoms with Crippen LogP contribution in [0.3, 0.4) is 0 Å². The number of carbonyl (C=O) groups is 2. The normalized spacial score (nSPS) is 13.7. The first kappa shape index (κ1) is 18.2. The average molecular weight is 294 g/mol. The molecule has 6 nitrogen and oxygen atoms in total. The maximum absolute atomic E-state index is 10.6. The third-order valence-electron chi connectivity index (χ3n) is 2.27. The molecule has 0 unspecified atom stereocenters. The molecule has 2 N–H and O–H groups in total. The zero-order chi connectivity index (χ0) is 14.7. The Balaban J connectivity index is 3.82. The van der Waals surface area contributed by atoms with Crippen LogP contribution in [0.4, 0.5) is 0 Å². The van der Waals surface area contributed by atoms with Crippen LogP contribution in [0.5, 0.6) is 0 Å². The average Bonchev–Trinajstić information content (AvgIpc) is 2.36. The number of ether oxygens (including phenoxy) is 2. The van der Waals surface area contributed by atoms with Gasteiger partial charge in [-0.05, 0) is 0 Å². The second-order valence-electron chi connectivity index (χ2n) is 4.24. The SMILES string of the molecule is CC(=O)OC[C@@H](CO)CSC[C@H](CO)COC(C)=O. The molecule has 112 valence electrons. The van der Waals surface area contributed by atoms with Crippen molar-refractivity contribution in [3.05, 3.63) is 0 Å². The molecule has 0 fully saturated rings. The third kappa shape index (κ3) is 10.8. The second kappa shape index (κ2) is 11.1. The second-order valence-corrected chi connectivity index (χ2v) is 5.31. The van der Waals surface area contributed by atoms with E-state index in [0.29, 0.717) is 11.5 Å². The summed E-state index contributed by atoms with van der Waals surface area (Å²) in [5.41, 5.74) is 0. The summed E-state index contributed by atoms with van der Waals surface area (Å²) in [7, 11) is 0. The summed E-state index contributed by atoms with van der Waals surface area (Å²) in [6.07, 6.45) is 0. The number of carbonyl (C=O) groups excluding carboxylic acids is 2. The van der Waals surface area contributed by atoms with E-state index in [9.17, 15) is 9.59 Å². The van der Waals surface area contributed by atoms with E-state index >= 15 is 0 Å². The number of rotatable bonds is 10. The Morgan fingerprint density at radius 3 is 1.58 bits per heavy atom. The highest BCUT2D eigenvalue weighted by molar-refractivity contribution is 7.99. The molecule has 2 atom stereocenters. The number of aliphatic hydroxyl groups is 2. The lowest BCUT2D eigenvalue weighted by Gasteiger charge is -2.16. The Labute approximate surface area is 117 Å². The van der Waals surface area contributed by atoms with Gasteiger partial charge in [-0.2, -0.15) is 11.8 Å². The van der Waals surface area contributed by atoms with Gasteiger partial charge >= 0.3 is 11.9 Å². The molecule has 0 aliphatic rings. The molecule has 0 aliphatic heterocycles. The Morgan fingerprint density at radius 2 is 1.32 bits per heavy atom. The van der Waals surface area contributed by atoms with Gasteiger partial charge in [-0.3, -0.25) is 9.59 Å². The fourth-order valence-electron chi connectivity index (χ4n) is 1.18. The van der Waals surface area contributed by atoms with Crippen LogP contribution >= 0.6 is 11.8 Å². The van der Waals surface area contributed by atoms with Crippen molar-refractivity contribution in [1.29, 1.82) is 0 Å². The number of esters is 2. The maximum atomic E-state index is 10.6. The summed E-state index contributed by atoms with van der Waals surface area (Å²) in [5, 5.41) is 18.2. The Hall–Kier alpha value is -0.790. The molecular formula is C12H22O6S. The molecule has 0 aromatic heterocycles. The van der Waals surface area contributed by atoms with Gasteiger partial charge in [-0.15, -0.1) is 0 Å². The standard InChI is InChI=1S/C12H22O6S/c1-9(15)17-5-11(3-13)7-19-8-12(4-14)6-18-10(2)16/h11-14H,3-8H2,1-2H3/t11-,12-/m1/s1. The predicted molar refractivity (Wildman–Crippen MR) is 71.7 cm³/mol. The lowest BCUT2D eigenvalue weighted by atomic mass is 10.2. The minimum absolute atomic E-state index is 0.0615. The van der Waals surface area contributed by atoms with Crippen LogP contribution in [0.1, 0.15) is 13.8 Å². The van der Waals surface area contributed by atoms with E-state index in [1.807, 2.05) is 0 Å². The van der Waals surface area contributed by atoms with Crippen molar-refractivity contribution >= 4 is 23.7 Å². The molecule has 0 aliphatic carbocycles. The summed E-state index contributed by atoms with van der Waals surface area (Å²) in [4.78, 5) is 21.3. The zero-order valence-corrected chi connectivity index (χ0v) is 12.1. The van der Waals surface area contributed by atoms with E-state index in [2.05, 4.69) is 0 Å². The lowest BCUT2D eigenvalue weighted by Crippen LogP contribution is -2.21. The Morgan fingerprint density at radius 1 is 0.947 bits per heavy atom. The number of thioether (sulfide) groups is 1. The van der Waals surface area contributed by atoms with E-state index in [-0.39, 0.29) is 50.2 Å². The molecule has 0 bridgehead atoms. The van der Waals surface area contributed by atoms with Crippen molar-refractivity contribution in [3.63, 3.8) is 0 Å². The smallest absolute Gasteiger partial charge is 0.302 e. The first-order chi connectivity index (χ1) is 8.99. The fraction of sp³-hybridized carbons (Fsp3) is 0.833. The quantitative estimate of drug-likeness (QED) is 0.550. The van der Waals surface area contributed by atoms with Crippen LogP contribution in [0.2, 0.25) is 0 Å². The molecule has 0 aromatic rings. The van der Waals surface area contributed by atoms with Gasteiger partial charge in [0.25, 0.3) is 0 Å². The van der Waals surface area contributed by atoms with Crippen molar-refractivity contribution in [2.75, 3.05) is 37.9 Å². The molecule has 0 spiro atoms. The summed E-state index contributed by atoms with van der Waals surface area (Å²) in [6, 6.07) is 0. The summed E-state index contributed by atoms with van der Waals surface area (Å²) in [5.74, 6) is 0.239. The molecule has 0 saturated carbocycles. The van der Waals surface area contributed by atoms with Crippen LogP contribution in [0, 0.1) is 11.8 Å². The van der Waals surface area contributed by atoms with E-state index in [1.165, 1.54) is 25.6 Å². The van der Waals surface area contributed by atoms with Gasteiger partial charge in [0, 0.05) is 50.4 Å². The molecule has 0 aromatic carbocycles. The molecular weight excluding hydrogens is 272 g/mol. The van der Waals surface area contributed by atoms with Crippen LogP contribution in [-0.2, 0) is 19.1 Å². The summed E-state index contributed by atoms with van der Waals surface area (Å²) >= 11 is 1.52. The maximum Gasteiger partial charge on any atom is 0.302 e. The molecule has 0 saturated heterocycles. The van der Waals surface area contributed by atoms with Crippen LogP contribution in [-0.4, -0.2) is 60.1 Å². The number of hydrogen-bond donors (Lipinski definition) is 2. The van der Waals surface area contributed by atoms with Gasteiger partial charge in [-0.1, -0.05) is 0 Å². The highest BCUT2D eigenvalue weighted by atomic mass is 32.2. The molecule has 19 heavy (non-hydrogen) atoms. The highest BCUT2D eigenvalue weighted by Crippen LogP contribution is 2.14. The first-order valence-corrected chi connectivity index (χ1v) is 7.21. The topological polar surface area (TPSA) is 93.1 Å². The van der Waals surface area contributed by atoms with Crippen molar-refractivity contribution in [2.45, 2.75) is 13.8 Å². The van der Waals surface area contributed by atoms with E-state index in [1.54, 1.807) is 0 Å². The summed E-state index contributed by atoms with van der Waals surface area (Å²) < 4.78 is 9.65. The zero-order valence-electron chi connectivity index (χ0n) is 11.3. The molecule has 0 amide bonds. The minimum Gasteiger partial charge on any atom is -0.465 e. The van der Waals surface area contributed by atoms with E-state index in [0.717, 1.165) is 0 Å². The molecule has 0 radical (unpaired) electrons. The Kier molecular flexibility index (Phi) is 10.6. The van der Waals surface area contributed by atoms with Crippen molar-refractivity contribution in [2.24, 2.45) is 11.8 Å². The minimum atomic E-state index is -0.369. The monoisotopic (exact) mass is 294 g/mol. The van der Waals surface area contributed by atoms with Crippen LogP contribution in [0.15, 0.2) is 0 Å². The van der Waals surface area contributed by atoms with E-state index in [4.69, 9.17) is 19.7 Å². The largest absolute Gasteiger partial charge is 0.465 e. The van der Waals surface area contributed by atoms with Gasteiger partial charge in [0.15, 0.2) is 0 Å². The van der Waals surface area contributed by atoms with E-state index < -0.39 is 0 Å². The van der Waals surface area contributed by atoms with Gasteiger partial charge in [0.1, 0.15) is 0 Å². The first-order valence-electron chi connectivity index (χ1n) is 6.05. The van der Waals surface area contributed by atoms with Crippen molar-refractivity contribution in [3.8, 4) is 0 Å². The predicted octanol–water partition coefficient (Wildman–Crippen LogP) is 0.0628. The number of hydrogen-bond acceptors (Lipinski definition) is 7. The fourth-order valence-corrected chi connectivity index (χ4v) is 2.38. The van der Waals surface area contributed by atoms with Crippen LogP contribution < -0.4 is 0 Å². The third-order valence-corrected chi connectivity index (χ3v) is 3.68. The summed E-state index contributed by atoms with van der Waals surface area (Å²) in [6.45, 7) is 2.89. The van der Waals surface area contributed by atoms with Crippen molar-refractivity contribution in [1.82, 2.24) is 0 Å². The van der Waals surface area contributed by atoms with Gasteiger partial charge < -0.3 is 19.7 Å². The van der Waals surface area contributed by atoms with Gasteiger partial charge in [0.2, 0.25) is 0 Å². The van der Waals surface area contributed by atoms with Crippen molar-refractivity contribution < 1.29 is 29.3 Å². The highest BCUT2D eigenvalue weighted by Gasteiger charge is 2.13.